The van der Waals surface area contributed by atoms with Crippen LogP contribution in [0.25, 0.3) is 0 Å². The van der Waals surface area contributed by atoms with Crippen LogP contribution in [0.5, 0.6) is 5.75 Å². The number of aryl methyl sites for hydroxylation is 1. The molecule has 5 nitrogen and oxygen atoms in total. The lowest BCUT2D eigenvalue weighted by molar-refractivity contribution is 0.0222. The van der Waals surface area contributed by atoms with E-state index in [1.54, 1.807) is 19.1 Å². The van der Waals surface area contributed by atoms with E-state index in [1.165, 1.54) is 24.5 Å². The molecule has 3 rings (SSSR count). The molecule has 0 amide bonds. The minimum absolute atomic E-state index is 0.0218. The molecule has 1 heterocycles. The molecule has 2 N–H and O–H groups in total. The number of aliphatic hydroxyl groups is 1. The molecule has 0 spiro atoms. The average Bonchev–Trinajstić information content (AvgIpc) is 3.27. The number of ether oxygens (including phenoxy) is 1. The fourth-order valence-corrected chi connectivity index (χ4v) is 5.05. The van der Waals surface area contributed by atoms with E-state index < -0.39 is 15.6 Å². The lowest BCUT2D eigenvalue weighted by atomic mass is 9.96. The van der Waals surface area contributed by atoms with Crippen LogP contribution < -0.4 is 9.46 Å². The van der Waals surface area contributed by atoms with E-state index in [-0.39, 0.29) is 17.4 Å². The summed E-state index contributed by atoms with van der Waals surface area (Å²) in [5.41, 5.74) is -0.533. The van der Waals surface area contributed by atoms with Gasteiger partial charge in [-0.3, -0.25) is 0 Å². The average molecular weight is 367 g/mol. The maximum absolute atomic E-state index is 12.7. The van der Waals surface area contributed by atoms with Crippen LogP contribution in [0.4, 0.5) is 0 Å². The van der Waals surface area contributed by atoms with Gasteiger partial charge in [-0.1, -0.05) is 6.07 Å². The molecular weight excluding hydrogens is 346 g/mol. The fraction of sp³-hybridized carbons (Fsp3) is 0.412. The van der Waals surface area contributed by atoms with Gasteiger partial charge in [0.25, 0.3) is 0 Å². The number of thiophene rings is 1. The van der Waals surface area contributed by atoms with Crippen LogP contribution >= 0.6 is 11.3 Å². The third-order valence-corrected chi connectivity index (χ3v) is 7.00. The van der Waals surface area contributed by atoms with Gasteiger partial charge < -0.3 is 9.84 Å². The molecule has 24 heavy (non-hydrogen) atoms. The maximum Gasteiger partial charge on any atom is 0.240 e. The van der Waals surface area contributed by atoms with E-state index in [2.05, 4.69) is 4.72 Å². The molecule has 1 unspecified atom stereocenters. The second kappa shape index (κ2) is 6.48. The van der Waals surface area contributed by atoms with E-state index >= 15 is 0 Å². The predicted octanol–water partition coefficient (Wildman–Crippen LogP) is 2.64. The number of hydrogen-bond acceptors (Lipinski definition) is 5. The number of nitrogens with one attached hydrogen (secondary N) is 1. The molecular formula is C17H21NO4S2. The first-order valence-corrected chi connectivity index (χ1v) is 10.1. The molecule has 1 aromatic carbocycles. The van der Waals surface area contributed by atoms with Crippen LogP contribution in [-0.2, 0) is 15.6 Å². The summed E-state index contributed by atoms with van der Waals surface area (Å²) < 4.78 is 33.0. The maximum atomic E-state index is 12.7. The van der Waals surface area contributed by atoms with E-state index in [9.17, 15) is 13.5 Å². The highest BCUT2D eigenvalue weighted by molar-refractivity contribution is 7.89. The van der Waals surface area contributed by atoms with Crippen molar-refractivity contribution >= 4 is 21.4 Å². The van der Waals surface area contributed by atoms with Crippen molar-refractivity contribution in [3.8, 4) is 5.75 Å². The molecule has 1 fully saturated rings. The zero-order valence-electron chi connectivity index (χ0n) is 13.7. The first-order chi connectivity index (χ1) is 11.4. The molecule has 7 heteroatoms. The predicted molar refractivity (Wildman–Crippen MR) is 93.9 cm³/mol. The largest absolute Gasteiger partial charge is 0.497 e. The Labute approximate surface area is 146 Å². The minimum atomic E-state index is -3.71. The SMILES string of the molecule is COc1ccc(S(=O)(=O)NCC(O)(c2cccs2)C2CC2)c(C)c1. The molecule has 1 aliphatic rings. The molecule has 1 saturated carbocycles. The molecule has 0 saturated heterocycles. The monoisotopic (exact) mass is 367 g/mol. The summed E-state index contributed by atoms with van der Waals surface area (Å²) in [7, 11) is -2.17. The van der Waals surface area contributed by atoms with Crippen LogP contribution in [0.3, 0.4) is 0 Å². The topological polar surface area (TPSA) is 75.6 Å². The summed E-state index contributed by atoms with van der Waals surface area (Å²) in [4.78, 5) is 1.01. The molecule has 1 aliphatic carbocycles. The van der Waals surface area contributed by atoms with Crippen LogP contribution in [0, 0.1) is 12.8 Å². The first kappa shape index (κ1) is 17.4. The zero-order valence-corrected chi connectivity index (χ0v) is 15.3. The Hall–Kier alpha value is -1.41. The quantitative estimate of drug-likeness (QED) is 0.789. The molecule has 130 valence electrons. The van der Waals surface area contributed by atoms with Gasteiger partial charge in [0.1, 0.15) is 11.4 Å². The standard InChI is InChI=1S/C17H21NO4S2/c1-12-10-14(22-2)7-8-15(12)24(20,21)18-11-17(19,13-5-6-13)16-4-3-9-23-16/h3-4,7-10,13,18-19H,5-6,11H2,1-2H3. The molecule has 0 aliphatic heterocycles. The first-order valence-electron chi connectivity index (χ1n) is 7.77. The molecule has 2 aromatic rings. The lowest BCUT2D eigenvalue weighted by Gasteiger charge is -2.27. The van der Waals surface area contributed by atoms with Crippen molar-refractivity contribution in [1.29, 1.82) is 0 Å². The van der Waals surface area contributed by atoms with Crippen LogP contribution in [0.15, 0.2) is 40.6 Å². The summed E-state index contributed by atoms with van der Waals surface area (Å²) in [5.74, 6) is 0.718. The van der Waals surface area contributed by atoms with Crippen molar-refractivity contribution in [1.82, 2.24) is 4.72 Å². The van der Waals surface area contributed by atoms with E-state index in [1.807, 2.05) is 17.5 Å². The smallest absolute Gasteiger partial charge is 0.240 e. The third kappa shape index (κ3) is 3.35. The molecule has 1 aromatic heterocycles. The highest BCUT2D eigenvalue weighted by atomic mass is 32.2. The van der Waals surface area contributed by atoms with Gasteiger partial charge in [0.2, 0.25) is 10.0 Å². The number of benzene rings is 1. The third-order valence-electron chi connectivity index (χ3n) is 4.40. The summed E-state index contributed by atoms with van der Waals surface area (Å²) in [5, 5.41) is 12.9. The molecule has 0 bridgehead atoms. The van der Waals surface area contributed by atoms with Crippen LogP contribution in [0.1, 0.15) is 23.3 Å². The summed E-state index contributed by atoms with van der Waals surface area (Å²) >= 11 is 1.45. The van der Waals surface area contributed by atoms with Gasteiger partial charge in [0.15, 0.2) is 0 Å². The van der Waals surface area contributed by atoms with Gasteiger partial charge in [-0.15, -0.1) is 11.3 Å². The van der Waals surface area contributed by atoms with Crippen molar-refractivity contribution in [2.45, 2.75) is 30.3 Å². The lowest BCUT2D eigenvalue weighted by Crippen LogP contribution is -2.42. The van der Waals surface area contributed by atoms with E-state index in [4.69, 9.17) is 4.74 Å². The van der Waals surface area contributed by atoms with Crippen molar-refractivity contribution in [3.05, 3.63) is 46.2 Å². The fourth-order valence-electron chi connectivity index (χ4n) is 2.85. The van der Waals surface area contributed by atoms with Crippen molar-refractivity contribution in [3.63, 3.8) is 0 Å². The second-order valence-corrected chi connectivity index (χ2v) is 8.81. The van der Waals surface area contributed by atoms with Gasteiger partial charge >= 0.3 is 0 Å². The van der Waals surface area contributed by atoms with Gasteiger partial charge in [-0.05, 0) is 60.9 Å². The highest BCUT2D eigenvalue weighted by Gasteiger charge is 2.46. The number of sulfonamides is 1. The Morgan fingerprint density at radius 3 is 2.67 bits per heavy atom. The minimum Gasteiger partial charge on any atom is -0.497 e. The van der Waals surface area contributed by atoms with Gasteiger partial charge in [0, 0.05) is 11.4 Å². The summed E-state index contributed by atoms with van der Waals surface area (Å²) in [6, 6.07) is 8.55. The summed E-state index contributed by atoms with van der Waals surface area (Å²) in [6.45, 7) is 1.70. The molecule has 1 atom stereocenters. The van der Waals surface area contributed by atoms with Crippen LogP contribution in [0.2, 0.25) is 0 Å². The normalized spacial score (nSPS) is 17.5. The Kier molecular flexibility index (Phi) is 4.70. The Morgan fingerprint density at radius 2 is 2.12 bits per heavy atom. The van der Waals surface area contributed by atoms with E-state index in [0.717, 1.165) is 17.7 Å². The number of hydrogen-bond donors (Lipinski definition) is 2. The van der Waals surface area contributed by atoms with Gasteiger partial charge in [-0.25, -0.2) is 13.1 Å². The Bertz CT molecular complexity index is 813. The van der Waals surface area contributed by atoms with Gasteiger partial charge in [-0.2, -0.15) is 0 Å². The Morgan fingerprint density at radius 1 is 1.38 bits per heavy atom. The zero-order chi connectivity index (χ0) is 17.4. The second-order valence-electron chi connectivity index (χ2n) is 6.13. The van der Waals surface area contributed by atoms with Crippen molar-refractivity contribution in [2.24, 2.45) is 5.92 Å². The van der Waals surface area contributed by atoms with Crippen molar-refractivity contribution < 1.29 is 18.3 Å². The van der Waals surface area contributed by atoms with Crippen molar-refractivity contribution in [2.75, 3.05) is 13.7 Å². The van der Waals surface area contributed by atoms with E-state index in [0.29, 0.717) is 11.3 Å². The van der Waals surface area contributed by atoms with Crippen LogP contribution in [-0.4, -0.2) is 27.2 Å². The summed E-state index contributed by atoms with van der Waals surface area (Å²) in [6.07, 6.45) is 1.83. The Balaban J connectivity index is 1.82. The number of methoxy groups -OCH3 is 1. The molecule has 0 radical (unpaired) electrons. The highest BCUT2D eigenvalue weighted by Crippen LogP contribution is 2.46. The van der Waals surface area contributed by atoms with Gasteiger partial charge in [0.05, 0.1) is 12.0 Å². The number of rotatable bonds is 7.